The lowest BCUT2D eigenvalue weighted by atomic mass is 9.99. The maximum Gasteiger partial charge on any atom is 0.147 e. The average molecular weight is 385 g/mol. The molecule has 0 radical (unpaired) electrons. The predicted molar refractivity (Wildman–Crippen MR) is 115 cm³/mol. The molecule has 0 saturated carbocycles. The van der Waals surface area contributed by atoms with Crippen LogP contribution in [0.5, 0.6) is 11.5 Å². The predicted octanol–water partition coefficient (Wildman–Crippen LogP) is 5.24. The van der Waals surface area contributed by atoms with E-state index in [-0.39, 0.29) is 11.8 Å². The summed E-state index contributed by atoms with van der Waals surface area (Å²) in [4.78, 5) is 9.05. The number of hydrogen-bond donors (Lipinski definition) is 2. The third-order valence-electron chi connectivity index (χ3n) is 4.78. The molecule has 0 spiro atoms. The van der Waals surface area contributed by atoms with Gasteiger partial charge in [0.15, 0.2) is 0 Å². The molecule has 0 aliphatic rings. The molecule has 0 amide bonds. The van der Waals surface area contributed by atoms with Gasteiger partial charge in [0.1, 0.15) is 17.0 Å². The number of anilines is 1. The smallest absolute Gasteiger partial charge is 0.147 e. The summed E-state index contributed by atoms with van der Waals surface area (Å²) in [6, 6.07) is 21.0. The molecule has 2 aromatic heterocycles. The van der Waals surface area contributed by atoms with Gasteiger partial charge < -0.3 is 15.2 Å². The maximum atomic E-state index is 11.0. The summed E-state index contributed by atoms with van der Waals surface area (Å²) >= 11 is 0. The van der Waals surface area contributed by atoms with Gasteiger partial charge in [0.25, 0.3) is 0 Å². The molecule has 0 fully saturated rings. The number of hydrogen-bond acceptors (Lipinski definition) is 5. The second kappa shape index (κ2) is 8.19. The molecule has 0 aliphatic heterocycles. The number of phenolic OH excluding ortho intramolecular Hbond substituents is 1. The molecule has 146 valence electrons. The van der Waals surface area contributed by atoms with E-state index in [2.05, 4.69) is 15.3 Å². The lowest BCUT2D eigenvalue weighted by Crippen LogP contribution is -2.14. The first-order valence-electron chi connectivity index (χ1n) is 9.65. The second-order valence-electron chi connectivity index (χ2n) is 6.82. The summed E-state index contributed by atoms with van der Waals surface area (Å²) < 4.78 is 5.53. The number of aryl methyl sites for hydroxylation is 1. The number of fused-ring (bicyclic) bond motifs is 1. The maximum absolute atomic E-state index is 11.0. The topological polar surface area (TPSA) is 67.3 Å². The number of aromatic nitrogens is 2. The van der Waals surface area contributed by atoms with E-state index in [0.717, 1.165) is 33.8 Å². The van der Waals surface area contributed by atoms with Gasteiger partial charge in [-0.15, -0.1) is 0 Å². The lowest BCUT2D eigenvalue weighted by molar-refractivity contribution is 0.340. The van der Waals surface area contributed by atoms with Crippen LogP contribution in [0.25, 0.3) is 10.9 Å². The van der Waals surface area contributed by atoms with Gasteiger partial charge in [0.05, 0.1) is 18.3 Å². The molecule has 2 heterocycles. The van der Waals surface area contributed by atoms with Crippen molar-refractivity contribution < 1.29 is 9.84 Å². The molecular formula is C24H23N3O2. The molecule has 2 N–H and O–H groups in total. The third kappa shape index (κ3) is 3.99. The van der Waals surface area contributed by atoms with Crippen LogP contribution in [0.3, 0.4) is 0 Å². The Morgan fingerprint density at radius 1 is 1.00 bits per heavy atom. The van der Waals surface area contributed by atoms with Crippen LogP contribution in [0, 0.1) is 6.92 Å². The van der Waals surface area contributed by atoms with E-state index in [1.807, 2.05) is 80.6 Å². The van der Waals surface area contributed by atoms with Crippen molar-refractivity contribution in [2.75, 3.05) is 11.9 Å². The Labute approximate surface area is 170 Å². The van der Waals surface area contributed by atoms with Crippen molar-refractivity contribution in [3.05, 3.63) is 89.9 Å². The number of ether oxygens (including phenoxy) is 1. The zero-order valence-corrected chi connectivity index (χ0v) is 16.5. The molecule has 0 aliphatic carbocycles. The largest absolute Gasteiger partial charge is 0.505 e. The van der Waals surface area contributed by atoms with E-state index in [1.165, 1.54) is 0 Å². The number of nitrogens with zero attached hydrogens (tertiary/aromatic N) is 2. The van der Waals surface area contributed by atoms with Gasteiger partial charge >= 0.3 is 0 Å². The minimum Gasteiger partial charge on any atom is -0.505 e. The van der Waals surface area contributed by atoms with Crippen molar-refractivity contribution in [2.45, 2.75) is 19.9 Å². The van der Waals surface area contributed by atoms with Gasteiger partial charge in [-0.3, -0.25) is 4.98 Å². The Morgan fingerprint density at radius 2 is 1.79 bits per heavy atom. The van der Waals surface area contributed by atoms with Crippen molar-refractivity contribution in [3.63, 3.8) is 0 Å². The number of pyridine rings is 2. The minimum absolute atomic E-state index is 0.167. The van der Waals surface area contributed by atoms with Crippen LogP contribution < -0.4 is 10.1 Å². The van der Waals surface area contributed by atoms with Gasteiger partial charge in [-0.25, -0.2) is 4.98 Å². The van der Waals surface area contributed by atoms with Crippen molar-refractivity contribution in [2.24, 2.45) is 0 Å². The van der Waals surface area contributed by atoms with Gasteiger partial charge in [-0.1, -0.05) is 24.3 Å². The summed E-state index contributed by atoms with van der Waals surface area (Å²) in [7, 11) is 0. The molecule has 0 saturated heterocycles. The highest BCUT2D eigenvalue weighted by Crippen LogP contribution is 2.36. The Bertz CT molecular complexity index is 1110. The molecular weight excluding hydrogens is 362 g/mol. The van der Waals surface area contributed by atoms with E-state index in [4.69, 9.17) is 4.74 Å². The highest BCUT2D eigenvalue weighted by atomic mass is 16.5. The number of nitrogens with one attached hydrogen (secondary N) is 1. The first-order chi connectivity index (χ1) is 14.2. The van der Waals surface area contributed by atoms with Crippen LogP contribution in [0.1, 0.15) is 29.9 Å². The standard InChI is InChI=1S/C24H23N3O2/c1-3-29-19-12-10-18(11-13-19)27-23(21-6-4-5-15-25-21)20-14-9-17-8-7-16(2)26-22(17)24(20)28/h4-15,23,27-28H,3H2,1-2H3. The monoisotopic (exact) mass is 385 g/mol. The molecule has 0 bridgehead atoms. The van der Waals surface area contributed by atoms with E-state index in [1.54, 1.807) is 6.20 Å². The van der Waals surface area contributed by atoms with Crippen LogP contribution in [0.15, 0.2) is 72.9 Å². The molecule has 2 aromatic carbocycles. The molecule has 1 atom stereocenters. The number of rotatable bonds is 6. The summed E-state index contributed by atoms with van der Waals surface area (Å²) in [5.41, 5.74) is 3.89. The van der Waals surface area contributed by atoms with Crippen molar-refractivity contribution in [3.8, 4) is 11.5 Å². The summed E-state index contributed by atoms with van der Waals surface area (Å²) in [6.45, 7) is 4.50. The van der Waals surface area contributed by atoms with Gasteiger partial charge in [0.2, 0.25) is 0 Å². The van der Waals surface area contributed by atoms with Crippen molar-refractivity contribution in [1.82, 2.24) is 9.97 Å². The van der Waals surface area contributed by atoms with E-state index in [9.17, 15) is 5.11 Å². The zero-order valence-electron chi connectivity index (χ0n) is 16.5. The third-order valence-corrected chi connectivity index (χ3v) is 4.78. The van der Waals surface area contributed by atoms with Crippen molar-refractivity contribution in [1.29, 1.82) is 0 Å². The molecule has 4 rings (SSSR count). The first kappa shape index (κ1) is 18.7. The summed E-state index contributed by atoms with van der Waals surface area (Å²) in [6.07, 6.45) is 1.75. The number of aromatic hydroxyl groups is 1. The van der Waals surface area contributed by atoms with Gasteiger partial charge in [0, 0.05) is 28.5 Å². The Kier molecular flexibility index (Phi) is 5.29. The fourth-order valence-corrected chi connectivity index (χ4v) is 3.36. The average Bonchev–Trinajstić information content (AvgIpc) is 2.75. The Balaban J connectivity index is 1.77. The molecule has 5 nitrogen and oxygen atoms in total. The van der Waals surface area contributed by atoms with Gasteiger partial charge in [-0.2, -0.15) is 0 Å². The van der Waals surface area contributed by atoms with E-state index >= 15 is 0 Å². The van der Waals surface area contributed by atoms with Crippen LogP contribution >= 0.6 is 0 Å². The van der Waals surface area contributed by atoms with Crippen LogP contribution in [0.4, 0.5) is 5.69 Å². The van der Waals surface area contributed by atoms with Gasteiger partial charge in [-0.05, 0) is 56.3 Å². The highest BCUT2D eigenvalue weighted by Gasteiger charge is 2.21. The molecule has 29 heavy (non-hydrogen) atoms. The molecule has 4 aromatic rings. The Morgan fingerprint density at radius 3 is 2.52 bits per heavy atom. The first-order valence-corrected chi connectivity index (χ1v) is 9.65. The minimum atomic E-state index is -0.333. The normalized spacial score (nSPS) is 11.9. The summed E-state index contributed by atoms with van der Waals surface area (Å²) in [5.74, 6) is 0.987. The zero-order chi connectivity index (χ0) is 20.2. The summed E-state index contributed by atoms with van der Waals surface area (Å²) in [5, 5.41) is 15.4. The Hall–Kier alpha value is -3.60. The quantitative estimate of drug-likeness (QED) is 0.475. The molecule has 1 unspecified atom stereocenters. The van der Waals surface area contributed by atoms with Crippen LogP contribution in [-0.4, -0.2) is 21.7 Å². The number of benzene rings is 2. The lowest BCUT2D eigenvalue weighted by Gasteiger charge is -2.22. The molecule has 5 heteroatoms. The van der Waals surface area contributed by atoms with E-state index < -0.39 is 0 Å². The number of phenols is 1. The highest BCUT2D eigenvalue weighted by molar-refractivity contribution is 5.86. The van der Waals surface area contributed by atoms with Crippen molar-refractivity contribution >= 4 is 16.6 Å². The fraction of sp³-hybridized carbons (Fsp3) is 0.167. The van der Waals surface area contributed by atoms with Crippen LogP contribution in [-0.2, 0) is 0 Å². The van der Waals surface area contributed by atoms with Crippen LogP contribution in [0.2, 0.25) is 0 Å². The second-order valence-corrected chi connectivity index (χ2v) is 6.82. The fourth-order valence-electron chi connectivity index (χ4n) is 3.36. The van der Waals surface area contributed by atoms with E-state index in [0.29, 0.717) is 12.1 Å². The SMILES string of the molecule is CCOc1ccc(NC(c2ccccn2)c2ccc3ccc(C)nc3c2O)cc1.